The third-order valence-electron chi connectivity index (χ3n) is 6.09. The summed E-state index contributed by atoms with van der Waals surface area (Å²) in [6, 6.07) is 7.57. The molecular formula is C24H28N4O4S. The predicted molar refractivity (Wildman–Crippen MR) is 127 cm³/mol. The van der Waals surface area contributed by atoms with Crippen molar-refractivity contribution in [2.45, 2.75) is 25.3 Å². The lowest BCUT2D eigenvalue weighted by molar-refractivity contribution is 0.102. The topological polar surface area (TPSA) is 85.8 Å². The number of anilines is 1. The van der Waals surface area contributed by atoms with Gasteiger partial charge in [0, 0.05) is 24.2 Å². The lowest BCUT2D eigenvalue weighted by Crippen LogP contribution is -2.20. The number of thiazole rings is 1. The van der Waals surface area contributed by atoms with E-state index in [-0.39, 0.29) is 11.8 Å². The fourth-order valence-corrected chi connectivity index (χ4v) is 5.45. The molecule has 0 radical (unpaired) electrons. The molecule has 174 valence electrons. The Hall–Kier alpha value is -2.59. The molecule has 0 saturated carbocycles. The molecule has 0 aliphatic carbocycles. The molecule has 33 heavy (non-hydrogen) atoms. The monoisotopic (exact) mass is 468 g/mol. The normalized spacial score (nSPS) is 17.8. The van der Waals surface area contributed by atoms with Crippen molar-refractivity contribution >= 4 is 32.6 Å². The Morgan fingerprint density at radius 1 is 1.21 bits per heavy atom. The van der Waals surface area contributed by atoms with Crippen LogP contribution in [-0.4, -0.2) is 67.4 Å². The number of methoxy groups -OCH3 is 1. The average Bonchev–Trinajstić information content (AvgIpc) is 3.41. The second-order valence-electron chi connectivity index (χ2n) is 8.37. The largest absolute Gasteiger partial charge is 0.494 e. The van der Waals surface area contributed by atoms with Crippen LogP contribution in [0, 0.1) is 0 Å². The van der Waals surface area contributed by atoms with Crippen molar-refractivity contribution in [2.75, 3.05) is 51.9 Å². The van der Waals surface area contributed by atoms with Crippen LogP contribution >= 0.6 is 11.3 Å². The standard InChI is InChI=1S/C24H28N4O4S/c1-30-20-5-4-19(17-14-31-10-11-32-15-17)22-21(20)26-24(33-22)27-23(29)16-6-7-25-18(12-16)13-28-8-2-3-9-28/h4-7,12,17H,2-3,8-11,13-15H2,1H3,(H,26,27,29). The molecule has 0 unspecified atom stereocenters. The van der Waals surface area contributed by atoms with E-state index in [4.69, 9.17) is 14.2 Å². The molecule has 2 fully saturated rings. The number of nitrogens with one attached hydrogen (secondary N) is 1. The first-order valence-electron chi connectivity index (χ1n) is 11.3. The summed E-state index contributed by atoms with van der Waals surface area (Å²) in [5, 5.41) is 3.51. The van der Waals surface area contributed by atoms with Gasteiger partial charge in [0.05, 0.1) is 43.9 Å². The lowest BCUT2D eigenvalue weighted by atomic mass is 10.0. The second-order valence-corrected chi connectivity index (χ2v) is 9.37. The second kappa shape index (κ2) is 10.1. The number of fused-ring (bicyclic) bond motifs is 1. The minimum absolute atomic E-state index is 0.109. The average molecular weight is 469 g/mol. The van der Waals surface area contributed by atoms with Crippen molar-refractivity contribution < 1.29 is 19.0 Å². The summed E-state index contributed by atoms with van der Waals surface area (Å²) in [4.78, 5) is 24.5. The van der Waals surface area contributed by atoms with Crippen LogP contribution in [0.3, 0.4) is 0 Å². The van der Waals surface area contributed by atoms with Gasteiger partial charge in [-0.05, 0) is 49.7 Å². The fraction of sp³-hybridized carbons (Fsp3) is 0.458. The summed E-state index contributed by atoms with van der Waals surface area (Å²) in [7, 11) is 1.63. The molecule has 0 atom stereocenters. The van der Waals surface area contributed by atoms with Crippen molar-refractivity contribution in [2.24, 2.45) is 0 Å². The highest BCUT2D eigenvalue weighted by Crippen LogP contribution is 2.38. The summed E-state index contributed by atoms with van der Waals surface area (Å²) in [5.74, 6) is 0.594. The summed E-state index contributed by atoms with van der Waals surface area (Å²) in [6.07, 6.45) is 4.15. The molecule has 8 nitrogen and oxygen atoms in total. The third-order valence-corrected chi connectivity index (χ3v) is 7.11. The van der Waals surface area contributed by atoms with Gasteiger partial charge in [-0.1, -0.05) is 17.4 Å². The highest BCUT2D eigenvalue weighted by molar-refractivity contribution is 7.22. The van der Waals surface area contributed by atoms with Crippen LogP contribution in [0.1, 0.15) is 40.4 Å². The Balaban J connectivity index is 1.38. The predicted octanol–water partition coefficient (Wildman–Crippen LogP) is 3.68. The molecule has 9 heteroatoms. The summed E-state index contributed by atoms with van der Waals surface area (Å²) in [6.45, 7) is 5.34. The molecular weight excluding hydrogens is 440 g/mol. The summed E-state index contributed by atoms with van der Waals surface area (Å²) >= 11 is 1.45. The minimum Gasteiger partial charge on any atom is -0.494 e. The molecule has 5 rings (SSSR count). The molecule has 0 spiro atoms. The molecule has 2 aliphatic rings. The third kappa shape index (κ3) is 5.01. The van der Waals surface area contributed by atoms with Crippen molar-refractivity contribution in [3.05, 3.63) is 47.3 Å². The maximum atomic E-state index is 13.0. The van der Waals surface area contributed by atoms with Gasteiger partial charge in [-0.25, -0.2) is 4.98 Å². The molecule has 4 heterocycles. The molecule has 2 aliphatic heterocycles. The van der Waals surface area contributed by atoms with E-state index in [1.165, 1.54) is 24.2 Å². The first kappa shape index (κ1) is 22.2. The number of pyridine rings is 1. The number of hydrogen-bond donors (Lipinski definition) is 1. The Kier molecular flexibility index (Phi) is 6.82. The van der Waals surface area contributed by atoms with Crippen LogP contribution in [0.5, 0.6) is 5.75 Å². The van der Waals surface area contributed by atoms with Gasteiger partial charge in [-0.3, -0.25) is 20.0 Å². The quantitative estimate of drug-likeness (QED) is 0.591. The molecule has 1 N–H and O–H groups in total. The van der Waals surface area contributed by atoms with Gasteiger partial charge in [0.15, 0.2) is 5.13 Å². The number of benzene rings is 1. The number of amides is 1. The Labute approximate surface area is 196 Å². The van der Waals surface area contributed by atoms with E-state index in [0.717, 1.165) is 41.1 Å². The van der Waals surface area contributed by atoms with Gasteiger partial charge < -0.3 is 14.2 Å². The number of carbonyl (C=O) groups excluding carboxylic acids is 1. The SMILES string of the molecule is COc1ccc(C2COCCOC2)c2sc(NC(=O)c3ccnc(CN4CCCC4)c3)nc12. The maximum absolute atomic E-state index is 13.0. The zero-order chi connectivity index (χ0) is 22.6. The van der Waals surface area contributed by atoms with Gasteiger partial charge in [0.25, 0.3) is 5.91 Å². The van der Waals surface area contributed by atoms with E-state index in [0.29, 0.717) is 42.9 Å². The highest BCUT2D eigenvalue weighted by Gasteiger charge is 2.22. The van der Waals surface area contributed by atoms with E-state index >= 15 is 0 Å². The molecule has 3 aromatic rings. The van der Waals surface area contributed by atoms with Crippen LogP contribution in [0.2, 0.25) is 0 Å². The van der Waals surface area contributed by atoms with Gasteiger partial charge in [0.1, 0.15) is 11.3 Å². The smallest absolute Gasteiger partial charge is 0.257 e. The van der Waals surface area contributed by atoms with Gasteiger partial charge in [-0.2, -0.15) is 0 Å². The van der Waals surface area contributed by atoms with Crippen LogP contribution in [0.15, 0.2) is 30.5 Å². The van der Waals surface area contributed by atoms with Gasteiger partial charge in [-0.15, -0.1) is 0 Å². The highest BCUT2D eigenvalue weighted by atomic mass is 32.1. The van der Waals surface area contributed by atoms with Crippen molar-refractivity contribution in [1.29, 1.82) is 0 Å². The number of rotatable bonds is 6. The van der Waals surface area contributed by atoms with Crippen molar-refractivity contribution in [3.8, 4) is 5.75 Å². The number of aromatic nitrogens is 2. The van der Waals surface area contributed by atoms with Crippen LogP contribution in [-0.2, 0) is 16.0 Å². The Bertz CT molecular complexity index is 1120. The number of carbonyl (C=O) groups is 1. The van der Waals surface area contributed by atoms with E-state index in [9.17, 15) is 4.79 Å². The molecule has 2 aromatic heterocycles. The maximum Gasteiger partial charge on any atom is 0.257 e. The minimum atomic E-state index is -0.194. The Morgan fingerprint density at radius 3 is 2.76 bits per heavy atom. The van der Waals surface area contributed by atoms with Crippen LogP contribution < -0.4 is 10.1 Å². The molecule has 1 amide bonds. The Morgan fingerprint density at radius 2 is 2.00 bits per heavy atom. The first-order valence-corrected chi connectivity index (χ1v) is 12.1. The number of likely N-dealkylation sites (tertiary alicyclic amines) is 1. The van der Waals surface area contributed by atoms with Crippen LogP contribution in [0.4, 0.5) is 5.13 Å². The molecule has 0 bridgehead atoms. The first-order chi connectivity index (χ1) is 16.2. The fourth-order valence-electron chi connectivity index (χ4n) is 4.38. The molecule has 2 saturated heterocycles. The van der Waals surface area contributed by atoms with Crippen LogP contribution in [0.25, 0.3) is 10.2 Å². The summed E-state index contributed by atoms with van der Waals surface area (Å²) < 4.78 is 17.9. The van der Waals surface area contributed by atoms with Gasteiger partial charge >= 0.3 is 0 Å². The number of hydrogen-bond acceptors (Lipinski definition) is 8. The zero-order valence-electron chi connectivity index (χ0n) is 18.7. The van der Waals surface area contributed by atoms with Gasteiger partial charge in [0.2, 0.25) is 0 Å². The zero-order valence-corrected chi connectivity index (χ0v) is 19.5. The number of nitrogens with zero attached hydrogens (tertiary/aromatic N) is 3. The van der Waals surface area contributed by atoms with E-state index < -0.39 is 0 Å². The molecule has 1 aromatic carbocycles. The lowest BCUT2D eigenvalue weighted by Gasteiger charge is -2.15. The summed E-state index contributed by atoms with van der Waals surface area (Å²) in [5.41, 5.74) is 3.33. The van der Waals surface area contributed by atoms with Crippen molar-refractivity contribution in [3.63, 3.8) is 0 Å². The van der Waals surface area contributed by atoms with E-state index in [1.54, 1.807) is 19.4 Å². The van der Waals surface area contributed by atoms with Crippen molar-refractivity contribution in [1.82, 2.24) is 14.9 Å². The number of ether oxygens (including phenoxy) is 3. The van der Waals surface area contributed by atoms with E-state index in [2.05, 4.69) is 20.2 Å². The van der Waals surface area contributed by atoms with E-state index in [1.807, 2.05) is 18.2 Å².